The number of hydrogen-bond acceptors (Lipinski definition) is 1. The number of fused-ring (bicyclic) bond motifs is 1. The van der Waals surface area contributed by atoms with Crippen LogP contribution in [-0.2, 0) is 0 Å². The average molecular weight is 256 g/mol. The van der Waals surface area contributed by atoms with Crippen molar-refractivity contribution in [1.29, 1.82) is 0 Å². The molecule has 1 heterocycles. The van der Waals surface area contributed by atoms with E-state index in [2.05, 4.69) is 0 Å². The zero-order valence-electron chi connectivity index (χ0n) is 6.07. The van der Waals surface area contributed by atoms with Crippen molar-refractivity contribution in [2.24, 2.45) is 0 Å². The third kappa shape index (κ3) is 1.40. The summed E-state index contributed by atoms with van der Waals surface area (Å²) in [5.41, 5.74) is 0.532. The molecule has 0 unspecified atom stereocenters. The number of hydrogen-bond donors (Lipinski definition) is 0. The monoisotopic (exact) mass is 254 g/mol. The standard InChI is InChI=1S/C8H2Cl4O/c9-3-1-2-4-5(6(3)10)7(11)8(12)13-4/h1-2H. The summed E-state index contributed by atoms with van der Waals surface area (Å²) in [6, 6.07) is 3.30. The largest absolute Gasteiger partial charge is 0.443 e. The molecular formula is C8H2Cl4O. The Morgan fingerprint density at radius 3 is 2.31 bits per heavy atom. The minimum atomic E-state index is 0.126. The van der Waals surface area contributed by atoms with E-state index in [1.54, 1.807) is 12.1 Å². The molecule has 0 saturated carbocycles. The van der Waals surface area contributed by atoms with Gasteiger partial charge in [-0.2, -0.15) is 0 Å². The van der Waals surface area contributed by atoms with Crippen molar-refractivity contribution >= 4 is 57.4 Å². The molecule has 0 bridgehead atoms. The Labute approximate surface area is 94.1 Å². The number of rotatable bonds is 0. The van der Waals surface area contributed by atoms with Crippen molar-refractivity contribution in [3.8, 4) is 0 Å². The molecular weight excluding hydrogens is 254 g/mol. The average Bonchev–Trinajstić information content (AvgIpc) is 2.37. The number of benzene rings is 1. The third-order valence-corrected chi connectivity index (χ3v) is 3.18. The van der Waals surface area contributed by atoms with E-state index in [1.165, 1.54) is 0 Å². The lowest BCUT2D eigenvalue weighted by Crippen LogP contribution is -1.70. The van der Waals surface area contributed by atoms with E-state index in [0.717, 1.165) is 0 Å². The molecule has 0 atom stereocenters. The molecule has 13 heavy (non-hydrogen) atoms. The van der Waals surface area contributed by atoms with Crippen molar-refractivity contribution in [3.05, 3.63) is 32.4 Å². The molecule has 0 N–H and O–H groups in total. The van der Waals surface area contributed by atoms with E-state index >= 15 is 0 Å². The Morgan fingerprint density at radius 1 is 0.923 bits per heavy atom. The predicted molar refractivity (Wildman–Crippen MR) is 56.3 cm³/mol. The first-order valence-corrected chi connectivity index (χ1v) is 4.84. The molecule has 2 rings (SSSR count). The quantitative estimate of drug-likeness (QED) is 0.642. The molecule has 5 heteroatoms. The van der Waals surface area contributed by atoms with Crippen molar-refractivity contribution in [1.82, 2.24) is 0 Å². The molecule has 0 amide bonds. The normalized spacial score (nSPS) is 11.1. The van der Waals surface area contributed by atoms with Gasteiger partial charge in [0.25, 0.3) is 0 Å². The molecule has 1 nitrogen and oxygen atoms in total. The lowest BCUT2D eigenvalue weighted by molar-refractivity contribution is 0.618. The molecule has 0 aliphatic rings. The van der Waals surface area contributed by atoms with Gasteiger partial charge in [0.15, 0.2) is 0 Å². The summed E-state index contributed by atoms with van der Waals surface area (Å²) in [6.07, 6.45) is 0. The molecule has 1 aromatic heterocycles. The Kier molecular flexibility index (Phi) is 2.37. The van der Waals surface area contributed by atoms with Crippen molar-refractivity contribution in [3.63, 3.8) is 0 Å². The molecule has 0 fully saturated rings. The van der Waals surface area contributed by atoms with E-state index < -0.39 is 0 Å². The van der Waals surface area contributed by atoms with Crippen LogP contribution in [0.15, 0.2) is 16.5 Å². The number of furan rings is 1. The Morgan fingerprint density at radius 2 is 1.62 bits per heavy atom. The van der Waals surface area contributed by atoms with Gasteiger partial charge in [-0.25, -0.2) is 0 Å². The summed E-state index contributed by atoms with van der Waals surface area (Å²) in [7, 11) is 0. The van der Waals surface area contributed by atoms with Crippen LogP contribution in [0.25, 0.3) is 11.0 Å². The minimum absolute atomic E-state index is 0.126. The van der Waals surface area contributed by atoms with E-state index in [0.29, 0.717) is 26.0 Å². The second-order valence-electron chi connectivity index (χ2n) is 2.42. The number of halogens is 4. The second kappa shape index (κ2) is 3.25. The van der Waals surface area contributed by atoms with Gasteiger partial charge in [0.1, 0.15) is 10.6 Å². The molecule has 68 valence electrons. The smallest absolute Gasteiger partial charge is 0.213 e. The van der Waals surface area contributed by atoms with Gasteiger partial charge >= 0.3 is 0 Å². The summed E-state index contributed by atoms with van der Waals surface area (Å²) in [6.45, 7) is 0. The van der Waals surface area contributed by atoms with Crippen molar-refractivity contribution in [2.45, 2.75) is 0 Å². The predicted octanol–water partition coefficient (Wildman–Crippen LogP) is 5.05. The third-order valence-electron chi connectivity index (χ3n) is 1.65. The first kappa shape index (κ1) is 9.47. The highest BCUT2D eigenvalue weighted by Crippen LogP contribution is 2.40. The molecule has 0 radical (unpaired) electrons. The van der Waals surface area contributed by atoms with Crippen LogP contribution in [0, 0.1) is 0 Å². The lowest BCUT2D eigenvalue weighted by Gasteiger charge is -1.95. The zero-order valence-corrected chi connectivity index (χ0v) is 9.10. The summed E-state index contributed by atoms with van der Waals surface area (Å²) in [5.74, 6) is 0. The van der Waals surface area contributed by atoms with E-state index in [1.807, 2.05) is 0 Å². The summed E-state index contributed by atoms with van der Waals surface area (Å²) < 4.78 is 5.12. The molecule has 2 aromatic rings. The lowest BCUT2D eigenvalue weighted by atomic mass is 10.2. The van der Waals surface area contributed by atoms with Gasteiger partial charge in [-0.3, -0.25) is 0 Å². The highest BCUT2D eigenvalue weighted by Gasteiger charge is 2.15. The maximum Gasteiger partial charge on any atom is 0.213 e. The van der Waals surface area contributed by atoms with Crippen molar-refractivity contribution in [2.75, 3.05) is 0 Å². The zero-order chi connectivity index (χ0) is 9.59. The Hall–Kier alpha value is -0.0800. The van der Waals surface area contributed by atoms with Gasteiger partial charge in [0.05, 0.1) is 15.4 Å². The molecule has 0 saturated heterocycles. The van der Waals surface area contributed by atoms with Crippen LogP contribution < -0.4 is 0 Å². The summed E-state index contributed by atoms with van der Waals surface area (Å²) in [4.78, 5) is 0. The van der Waals surface area contributed by atoms with Gasteiger partial charge in [-0.05, 0) is 23.7 Å². The summed E-state index contributed by atoms with van der Waals surface area (Å²) in [5, 5.41) is 1.76. The van der Waals surface area contributed by atoms with Crippen LogP contribution in [0.5, 0.6) is 0 Å². The SMILES string of the molecule is Clc1ccc2oc(Cl)c(Cl)c2c1Cl. The first-order chi connectivity index (χ1) is 6.11. The fraction of sp³-hybridized carbons (Fsp3) is 0. The van der Waals surface area contributed by atoms with E-state index in [4.69, 9.17) is 50.8 Å². The molecule has 0 spiro atoms. The van der Waals surface area contributed by atoms with Gasteiger partial charge in [-0.1, -0.05) is 34.8 Å². The van der Waals surface area contributed by atoms with Gasteiger partial charge in [0, 0.05) is 0 Å². The van der Waals surface area contributed by atoms with Crippen molar-refractivity contribution < 1.29 is 4.42 Å². The maximum atomic E-state index is 5.91. The van der Waals surface area contributed by atoms with Crippen LogP contribution in [-0.4, -0.2) is 0 Å². The molecule has 0 aliphatic carbocycles. The van der Waals surface area contributed by atoms with Crippen LogP contribution in [0.2, 0.25) is 20.3 Å². The fourth-order valence-electron chi connectivity index (χ4n) is 1.06. The maximum absolute atomic E-state index is 5.91. The first-order valence-electron chi connectivity index (χ1n) is 3.32. The fourth-order valence-corrected chi connectivity index (χ4v) is 1.92. The van der Waals surface area contributed by atoms with Gasteiger partial charge < -0.3 is 4.42 Å². The summed E-state index contributed by atoms with van der Waals surface area (Å²) >= 11 is 23.2. The van der Waals surface area contributed by atoms with Crippen LogP contribution in [0.3, 0.4) is 0 Å². The molecule has 0 aliphatic heterocycles. The Bertz CT molecular complexity index is 474. The molecule has 1 aromatic carbocycles. The topological polar surface area (TPSA) is 13.1 Å². The highest BCUT2D eigenvalue weighted by molar-refractivity contribution is 6.50. The van der Waals surface area contributed by atoms with Gasteiger partial charge in [0.2, 0.25) is 5.22 Å². The second-order valence-corrected chi connectivity index (χ2v) is 3.93. The van der Waals surface area contributed by atoms with Gasteiger partial charge in [-0.15, -0.1) is 0 Å². The van der Waals surface area contributed by atoms with Crippen LogP contribution in [0.1, 0.15) is 0 Å². The van der Waals surface area contributed by atoms with E-state index in [9.17, 15) is 0 Å². The van der Waals surface area contributed by atoms with E-state index in [-0.39, 0.29) is 5.22 Å². The minimum Gasteiger partial charge on any atom is -0.443 e. The highest BCUT2D eigenvalue weighted by atomic mass is 35.5. The van der Waals surface area contributed by atoms with Crippen LogP contribution >= 0.6 is 46.4 Å². The Balaban J connectivity index is 2.97. The van der Waals surface area contributed by atoms with Crippen LogP contribution in [0.4, 0.5) is 0 Å².